The van der Waals surface area contributed by atoms with Crippen molar-refractivity contribution in [3.63, 3.8) is 0 Å². The van der Waals surface area contributed by atoms with Crippen molar-refractivity contribution in [1.29, 1.82) is 0 Å². The Morgan fingerprint density at radius 2 is 1.46 bits per heavy atom. The number of ether oxygens (including phenoxy) is 1. The second-order valence-corrected chi connectivity index (χ2v) is 24.8. The molecule has 4 aliphatic rings. The molecule has 0 saturated carbocycles. The van der Waals surface area contributed by atoms with Crippen molar-refractivity contribution in [2.24, 2.45) is 0 Å². The first kappa shape index (κ1) is 60.3. The molecule has 8 rings (SSSR count). The smallest absolute Gasteiger partial charge is 0.363 e. The van der Waals surface area contributed by atoms with Crippen molar-refractivity contribution in [2.45, 2.75) is 125 Å². The van der Waals surface area contributed by atoms with Gasteiger partial charge in [-0.1, -0.05) is 44.2 Å². The van der Waals surface area contributed by atoms with E-state index < -0.39 is 54.5 Å². The van der Waals surface area contributed by atoms with Gasteiger partial charge in [-0.2, -0.15) is 21.4 Å². The predicted octanol–water partition coefficient (Wildman–Crippen LogP) is 8.92. The molecule has 4 aromatic rings. The number of nitrogens with zero attached hydrogens (tertiary/aromatic N) is 3. The number of nitrogens with one attached hydrogen (secondary N) is 2. The zero-order valence-corrected chi connectivity index (χ0v) is 47.7. The molecule has 24 heteroatoms. The van der Waals surface area contributed by atoms with Crippen LogP contribution in [0.1, 0.15) is 126 Å². The minimum Gasteiger partial charge on any atom is -0.492 e. The fourth-order valence-corrected chi connectivity index (χ4v) is 12.4. The number of amides is 2. The van der Waals surface area contributed by atoms with E-state index in [1.807, 2.05) is 47.9 Å². The number of hydrogen-bond donors (Lipinski definition) is 7. The highest BCUT2D eigenvalue weighted by Gasteiger charge is 2.48. The van der Waals surface area contributed by atoms with E-state index in [0.29, 0.717) is 102 Å². The van der Waals surface area contributed by atoms with Gasteiger partial charge in [-0.05, 0) is 135 Å². The number of aromatic nitrogens is 1. The molecule has 2 bridgehead atoms. The van der Waals surface area contributed by atoms with Crippen LogP contribution in [0.3, 0.4) is 0 Å². The van der Waals surface area contributed by atoms with Crippen LogP contribution >= 0.6 is 12.0 Å². The van der Waals surface area contributed by atoms with Gasteiger partial charge in [-0.3, -0.25) is 18.7 Å². The number of allylic oxidation sites excluding steroid dienone is 7. The third-order valence-corrected chi connectivity index (χ3v) is 17.3. The molecule has 2 amide bonds. The number of rotatable bonds is 12. The highest BCUT2D eigenvalue weighted by molar-refractivity contribution is 7.94. The highest BCUT2D eigenvalue weighted by Crippen LogP contribution is 2.50. The van der Waals surface area contributed by atoms with Crippen molar-refractivity contribution in [2.75, 3.05) is 36.8 Å². The van der Waals surface area contributed by atoms with Gasteiger partial charge in [0.05, 0.1) is 33.7 Å². The van der Waals surface area contributed by atoms with Crippen LogP contribution in [-0.4, -0.2) is 106 Å². The minimum absolute atomic E-state index is 0.00266. The second-order valence-electron chi connectivity index (χ2n) is 21.0. The van der Waals surface area contributed by atoms with E-state index >= 15 is 0 Å². The summed E-state index contributed by atoms with van der Waals surface area (Å²) in [6, 6.07) is 18.6. The van der Waals surface area contributed by atoms with Crippen LogP contribution < -0.4 is 25.1 Å². The first-order valence-corrected chi connectivity index (χ1v) is 30.6. The van der Waals surface area contributed by atoms with Gasteiger partial charge >= 0.3 is 5.97 Å². The largest absolute Gasteiger partial charge is 0.492 e. The van der Waals surface area contributed by atoms with Crippen LogP contribution in [0.25, 0.3) is 0 Å². The molecule has 4 heterocycles. The Bertz CT molecular complexity index is 3400. The fraction of sp³-hybridized carbons (Fsp3) is 0.404. The van der Waals surface area contributed by atoms with Gasteiger partial charge in [0.25, 0.3) is 20.2 Å². The zero-order valence-electron chi connectivity index (χ0n) is 45.3. The van der Waals surface area contributed by atoms with Gasteiger partial charge in [0.1, 0.15) is 18.1 Å². The van der Waals surface area contributed by atoms with E-state index in [1.165, 1.54) is 36.4 Å². The van der Waals surface area contributed by atoms with Crippen LogP contribution in [0, 0.1) is 0 Å². The summed E-state index contributed by atoms with van der Waals surface area (Å²) >= 11 is 0.860. The molecule has 0 fully saturated rings. The van der Waals surface area contributed by atoms with E-state index in [0.717, 1.165) is 53.0 Å². The number of aromatic hydroxyl groups is 2. The number of benzene rings is 3. The monoisotopic (exact) mass is 1170 g/mol. The standard InChI is InChI=1S/C57H67N5O16S3/c1-56(2)44-36-42(79-78-77-68)22-24-46(44)60-33-9-5-7-15-51(64)59-32-31-58-50(63)14-6-4-8-30-57(3)45-37-43(81(72,73)74)23-25-47(45)61(34-11-35-80(69,70)71)49(57)27-19-39-13-10-12-38(18-26-48(56)60)54(39)75-41-20-16-40(17-21-41)55(67)76-62-52(65)28-29-53(62)66/h16-29,36-37H,4-15,30-35H2,1-3H3,(H6-,58,59,63,64,65,66,68,69,70,71,72,73,74)/p+1. The average Bonchev–Trinajstić information content (AvgIpc) is 4.20. The Morgan fingerprint density at radius 3 is 2.12 bits per heavy atom. The lowest BCUT2D eigenvalue weighted by Crippen LogP contribution is -2.34. The summed E-state index contributed by atoms with van der Waals surface area (Å²) in [5, 5.41) is 38.8. The number of carbonyl (C=O) groups excluding carboxylic acids is 3. The summed E-state index contributed by atoms with van der Waals surface area (Å²) in [6.45, 7) is 7.44. The first-order chi connectivity index (χ1) is 38.6. The summed E-state index contributed by atoms with van der Waals surface area (Å²) in [4.78, 5) is 46.9. The molecule has 0 saturated heterocycles. The van der Waals surface area contributed by atoms with Gasteiger partial charge < -0.3 is 35.3 Å². The summed E-state index contributed by atoms with van der Waals surface area (Å²) < 4.78 is 83.8. The normalized spacial score (nSPS) is 19.8. The maximum Gasteiger partial charge on any atom is 0.363 e. The Kier molecular flexibility index (Phi) is 19.4. The van der Waals surface area contributed by atoms with Gasteiger partial charge in [0.2, 0.25) is 29.3 Å². The Morgan fingerprint density at radius 1 is 0.765 bits per heavy atom. The van der Waals surface area contributed by atoms with Crippen LogP contribution in [0.2, 0.25) is 0 Å². The molecular weight excluding hydrogens is 1110 g/mol. The van der Waals surface area contributed by atoms with E-state index in [1.54, 1.807) is 18.2 Å². The molecule has 1 atom stereocenters. The Balaban J connectivity index is 1.26. The quantitative estimate of drug-likeness (QED) is 0.0229. The topological polar surface area (TPSA) is 293 Å². The van der Waals surface area contributed by atoms with Crippen LogP contribution in [0.15, 0.2) is 129 Å². The summed E-state index contributed by atoms with van der Waals surface area (Å²) in [6.07, 6.45) is 14.6. The molecule has 3 aliphatic heterocycles. The van der Waals surface area contributed by atoms with E-state index in [4.69, 9.17) is 19.2 Å². The van der Waals surface area contributed by atoms with Crippen molar-refractivity contribution < 1.29 is 79.3 Å². The molecule has 3 aromatic carbocycles. The predicted molar refractivity (Wildman–Crippen MR) is 301 cm³/mol. The van der Waals surface area contributed by atoms with E-state index in [9.17, 15) is 50.5 Å². The Labute approximate surface area is 475 Å². The first-order valence-electron chi connectivity index (χ1n) is 26.8. The summed E-state index contributed by atoms with van der Waals surface area (Å²) in [5.41, 5.74) is 4.90. The number of anilines is 1. The molecule has 1 unspecified atom stereocenters. The third kappa shape index (κ3) is 14.7. The van der Waals surface area contributed by atoms with Crippen molar-refractivity contribution in [3.8, 4) is 17.5 Å². The van der Waals surface area contributed by atoms with Gasteiger partial charge in [0, 0.05) is 90.4 Å². The molecule has 1 aliphatic carbocycles. The molecular formula is C57H68N5O16S3+. The van der Waals surface area contributed by atoms with Crippen LogP contribution in [-0.2, 0) is 50.0 Å². The lowest BCUT2D eigenvalue weighted by Gasteiger charge is -2.27. The number of fused-ring (bicyclic) bond motifs is 7. The van der Waals surface area contributed by atoms with Crippen molar-refractivity contribution >= 4 is 67.1 Å². The van der Waals surface area contributed by atoms with Crippen molar-refractivity contribution in [1.82, 2.24) is 15.4 Å². The maximum absolute atomic E-state index is 13.2. The van der Waals surface area contributed by atoms with Gasteiger partial charge in [-0.15, -0.1) is 9.06 Å². The fourth-order valence-electron chi connectivity index (χ4n) is 11.0. The average molecular weight is 1180 g/mol. The highest BCUT2D eigenvalue weighted by atomic mass is 32.2. The molecule has 21 nitrogen and oxygen atoms in total. The number of hydrogen-bond acceptors (Lipinski definition) is 16. The van der Waals surface area contributed by atoms with E-state index in [2.05, 4.69) is 40.5 Å². The van der Waals surface area contributed by atoms with Crippen molar-refractivity contribution in [3.05, 3.63) is 136 Å². The SMILES string of the molecule is CC1(C)C2=CC=C3CCCC(=C3Oc3ccc(C(=O)On4c(O)ccc4O)cc3)C=CC3=[N+](CCCS(=O)(=O)O)c4ccc(S(=O)(=O)O)cc4C3(C)CCCCCC(=O)NCCNC(=O)CCCCCN2c2ccc(SOOO)cc21. The summed E-state index contributed by atoms with van der Waals surface area (Å²) in [7, 11) is -9.04. The molecule has 0 spiro atoms. The lowest BCUT2D eigenvalue weighted by atomic mass is 9.75. The molecule has 1 aromatic heterocycles. The summed E-state index contributed by atoms with van der Waals surface area (Å²) in [5.74, 6) is -1.81. The maximum atomic E-state index is 13.2. The molecule has 0 radical (unpaired) electrons. The number of carbonyl (C=O) groups is 3. The van der Waals surface area contributed by atoms with Crippen LogP contribution in [0.4, 0.5) is 11.4 Å². The minimum atomic E-state index is -4.67. The van der Waals surface area contributed by atoms with Crippen LogP contribution in [0.5, 0.6) is 17.5 Å². The molecule has 434 valence electrons. The van der Waals surface area contributed by atoms with Gasteiger partial charge in [0.15, 0.2) is 5.71 Å². The molecule has 7 N–H and O–H groups in total. The van der Waals surface area contributed by atoms with Gasteiger partial charge in [-0.25, -0.2) is 10.1 Å². The second kappa shape index (κ2) is 26.0. The third-order valence-electron chi connectivity index (χ3n) is 15.1. The lowest BCUT2D eigenvalue weighted by molar-refractivity contribution is -0.437. The van der Waals surface area contributed by atoms with E-state index in [-0.39, 0.29) is 54.7 Å². The Hall–Kier alpha value is -6.77. The zero-order chi connectivity index (χ0) is 58.1. The molecule has 81 heavy (non-hydrogen) atoms.